The van der Waals surface area contributed by atoms with E-state index in [1.165, 1.54) is 44.9 Å². The Balaban J connectivity index is 0. The van der Waals surface area contributed by atoms with Crippen molar-refractivity contribution in [2.24, 2.45) is 0 Å². The Morgan fingerprint density at radius 1 is 0.941 bits per heavy atom. The van der Waals surface area contributed by atoms with Gasteiger partial charge in [0.1, 0.15) is 0 Å². The van der Waals surface area contributed by atoms with Crippen molar-refractivity contribution in [2.75, 3.05) is 27.1 Å². The molecule has 1 atom stereocenters. The van der Waals surface area contributed by atoms with Crippen LogP contribution in [0.25, 0.3) is 0 Å². The minimum absolute atomic E-state index is 0. The third-order valence-corrected chi connectivity index (χ3v) is 2.76. The van der Waals surface area contributed by atoms with E-state index in [0.29, 0.717) is 6.73 Å². The fourth-order valence-corrected chi connectivity index (χ4v) is 1.63. The molecule has 0 aliphatic carbocycles. The predicted molar refractivity (Wildman–Crippen MR) is 67.4 cm³/mol. The Morgan fingerprint density at radius 2 is 1.47 bits per heavy atom. The summed E-state index contributed by atoms with van der Waals surface area (Å²) in [5, 5.41) is 8.76. The zero-order chi connectivity index (χ0) is 12.1. The van der Waals surface area contributed by atoms with Gasteiger partial charge in [0.05, 0.1) is 13.7 Å². The normalized spacial score (nSPS) is 12.2. The molecule has 0 heterocycles. The van der Waals surface area contributed by atoms with Gasteiger partial charge in [-0.25, -0.2) is 0 Å². The van der Waals surface area contributed by atoms with Crippen LogP contribution in [0, 0.1) is 0 Å². The lowest BCUT2D eigenvalue weighted by molar-refractivity contribution is -0.918. The zero-order valence-electron chi connectivity index (χ0n) is 11.5. The van der Waals surface area contributed by atoms with Crippen molar-refractivity contribution in [2.45, 2.75) is 58.3 Å². The van der Waals surface area contributed by atoms with Crippen LogP contribution in [0.4, 0.5) is 0 Å². The molecule has 0 bridgehead atoms. The summed E-state index contributed by atoms with van der Waals surface area (Å²) in [7, 11) is 1.92. The summed E-state index contributed by atoms with van der Waals surface area (Å²) in [5.41, 5.74) is 0. The van der Waals surface area contributed by atoms with Crippen molar-refractivity contribution in [3.8, 4) is 0 Å². The number of aliphatic hydroxyl groups is 1. The van der Waals surface area contributed by atoms with Gasteiger partial charge in [-0.3, -0.25) is 4.90 Å². The molecule has 0 amide bonds. The summed E-state index contributed by atoms with van der Waals surface area (Å²) < 4.78 is 5.43. The number of aliphatic hydroxyl groups excluding tert-OH is 1. The number of ether oxygens (including phenoxy) is 1. The van der Waals surface area contributed by atoms with Gasteiger partial charge in [-0.05, 0) is 6.42 Å². The highest BCUT2D eigenvalue weighted by Crippen LogP contribution is 2.08. The van der Waals surface area contributed by atoms with E-state index >= 15 is 0 Å². The van der Waals surface area contributed by atoms with E-state index in [-0.39, 0.29) is 19.1 Å². The van der Waals surface area contributed by atoms with Crippen LogP contribution in [0.3, 0.4) is 0 Å². The first-order valence-corrected chi connectivity index (χ1v) is 6.81. The number of hydrogen-bond donors (Lipinski definition) is 2. The maximum atomic E-state index is 8.76. The van der Waals surface area contributed by atoms with Gasteiger partial charge in [0, 0.05) is 0 Å². The van der Waals surface area contributed by atoms with Crippen LogP contribution in [0.2, 0.25) is 0 Å². The van der Waals surface area contributed by atoms with Gasteiger partial charge in [0.2, 0.25) is 0 Å². The molecule has 0 aliphatic heterocycles. The molecule has 0 aliphatic rings. The summed E-state index contributed by atoms with van der Waals surface area (Å²) in [6.07, 6.45) is 10.7. The Bertz CT molecular complexity index is 137. The third-order valence-electron chi connectivity index (χ3n) is 2.76. The van der Waals surface area contributed by atoms with Crippen LogP contribution in [-0.2, 0) is 4.74 Å². The topological polar surface area (TPSA) is 33.9 Å². The second kappa shape index (κ2) is 16.2. The standard InChI is InChI=1S/C13H29NO2.ClH/c1-3-4-5-6-7-8-9-10-11-16-13-14(2)12-15;/h15H,3-13H2,1-2H3;1H. The fourth-order valence-electron chi connectivity index (χ4n) is 1.63. The molecule has 0 rings (SSSR count). The van der Waals surface area contributed by atoms with E-state index in [4.69, 9.17) is 9.84 Å². The smallest absolute Gasteiger partial charge is 0.183 e. The van der Waals surface area contributed by atoms with Crippen molar-refractivity contribution >= 4 is 0 Å². The van der Waals surface area contributed by atoms with Crippen molar-refractivity contribution in [3.63, 3.8) is 0 Å². The molecule has 106 valence electrons. The van der Waals surface area contributed by atoms with Gasteiger partial charge < -0.3 is 22.3 Å². The second-order valence-corrected chi connectivity index (χ2v) is 4.64. The van der Waals surface area contributed by atoms with Crippen molar-refractivity contribution in [3.05, 3.63) is 0 Å². The highest BCUT2D eigenvalue weighted by molar-refractivity contribution is 4.45. The Hall–Kier alpha value is 0.170. The highest BCUT2D eigenvalue weighted by Gasteiger charge is 1.97. The van der Waals surface area contributed by atoms with E-state index in [1.54, 1.807) is 0 Å². The number of hydrogen-bond acceptors (Lipinski definition) is 2. The molecular formula is C13H30ClNO2. The lowest BCUT2D eigenvalue weighted by Gasteiger charge is -2.10. The molecule has 0 saturated carbocycles. The monoisotopic (exact) mass is 267 g/mol. The number of rotatable bonds is 12. The van der Waals surface area contributed by atoms with Crippen LogP contribution in [-0.4, -0.2) is 32.2 Å². The lowest BCUT2D eigenvalue weighted by atomic mass is 10.1. The maximum Gasteiger partial charge on any atom is 0.183 e. The molecule has 0 radical (unpaired) electrons. The largest absolute Gasteiger partial charge is 1.00 e. The lowest BCUT2D eigenvalue weighted by Crippen LogP contribution is -3.09. The molecule has 17 heavy (non-hydrogen) atoms. The van der Waals surface area contributed by atoms with E-state index in [1.807, 2.05) is 7.05 Å². The number of halogens is 1. The minimum Gasteiger partial charge on any atom is -1.00 e. The minimum atomic E-state index is 0. The maximum absolute atomic E-state index is 8.76. The first-order valence-electron chi connectivity index (χ1n) is 6.81. The summed E-state index contributed by atoms with van der Waals surface area (Å²) in [5.74, 6) is 0. The van der Waals surface area contributed by atoms with Gasteiger partial charge >= 0.3 is 0 Å². The molecule has 2 N–H and O–H groups in total. The predicted octanol–water partition coefficient (Wildman–Crippen LogP) is -1.43. The molecule has 0 aromatic heterocycles. The van der Waals surface area contributed by atoms with E-state index in [0.717, 1.165) is 17.9 Å². The molecule has 4 heteroatoms. The molecule has 3 nitrogen and oxygen atoms in total. The Labute approximate surface area is 113 Å². The molecule has 0 saturated heterocycles. The molecule has 0 spiro atoms. The first-order chi connectivity index (χ1) is 7.81. The van der Waals surface area contributed by atoms with Gasteiger partial charge in [0.25, 0.3) is 0 Å². The molecule has 0 aromatic rings. The van der Waals surface area contributed by atoms with Gasteiger partial charge in [-0.15, -0.1) is 0 Å². The van der Waals surface area contributed by atoms with Crippen molar-refractivity contribution in [1.82, 2.24) is 0 Å². The van der Waals surface area contributed by atoms with Crippen LogP contribution >= 0.6 is 0 Å². The Morgan fingerprint density at radius 3 is 2.00 bits per heavy atom. The van der Waals surface area contributed by atoms with Crippen molar-refractivity contribution < 1.29 is 27.2 Å². The van der Waals surface area contributed by atoms with Gasteiger partial charge in [-0.1, -0.05) is 51.9 Å². The first kappa shape index (κ1) is 19.5. The quantitative estimate of drug-likeness (QED) is 0.336. The van der Waals surface area contributed by atoms with Crippen LogP contribution in [0.5, 0.6) is 0 Å². The van der Waals surface area contributed by atoms with Gasteiger partial charge in [-0.2, -0.15) is 0 Å². The average Bonchev–Trinajstić information content (AvgIpc) is 2.31. The van der Waals surface area contributed by atoms with E-state index in [2.05, 4.69) is 6.92 Å². The highest BCUT2D eigenvalue weighted by atomic mass is 35.5. The van der Waals surface area contributed by atoms with E-state index in [9.17, 15) is 0 Å². The van der Waals surface area contributed by atoms with Gasteiger partial charge in [0.15, 0.2) is 13.5 Å². The van der Waals surface area contributed by atoms with Crippen LogP contribution in [0.1, 0.15) is 58.3 Å². The number of quaternary nitrogens is 1. The summed E-state index contributed by atoms with van der Waals surface area (Å²) in [6.45, 7) is 3.86. The summed E-state index contributed by atoms with van der Waals surface area (Å²) in [4.78, 5) is 1.01. The fraction of sp³-hybridized carbons (Fsp3) is 1.00. The third kappa shape index (κ3) is 16.2. The molecule has 1 unspecified atom stereocenters. The zero-order valence-corrected chi connectivity index (χ0v) is 12.3. The molecule has 0 aromatic carbocycles. The average molecular weight is 268 g/mol. The second-order valence-electron chi connectivity index (χ2n) is 4.64. The number of nitrogens with one attached hydrogen (secondary N) is 1. The molecular weight excluding hydrogens is 238 g/mol. The molecule has 0 fully saturated rings. The SMILES string of the molecule is CCCCCCCCCCOC[NH+](C)CO.[Cl-]. The van der Waals surface area contributed by atoms with Crippen LogP contribution in [0.15, 0.2) is 0 Å². The van der Waals surface area contributed by atoms with E-state index < -0.39 is 0 Å². The number of unbranched alkanes of at least 4 members (excludes halogenated alkanes) is 7. The summed E-state index contributed by atoms with van der Waals surface area (Å²) >= 11 is 0. The Kier molecular flexibility index (Phi) is 18.6. The van der Waals surface area contributed by atoms with Crippen molar-refractivity contribution in [1.29, 1.82) is 0 Å². The summed E-state index contributed by atoms with van der Waals surface area (Å²) in [6, 6.07) is 0. The van der Waals surface area contributed by atoms with Crippen LogP contribution < -0.4 is 17.3 Å².